The number of carbonyl (C=O) groups is 1. The molecule has 2 rings (SSSR count). The molecule has 2 aromatic rings. The van der Waals surface area contributed by atoms with Crippen molar-refractivity contribution in [3.63, 3.8) is 0 Å². The Morgan fingerprint density at radius 3 is 2.71 bits per heavy atom. The quantitative estimate of drug-likeness (QED) is 0.788. The molecule has 2 amide bonds. The van der Waals surface area contributed by atoms with Crippen LogP contribution >= 0.6 is 0 Å². The molecule has 0 spiro atoms. The van der Waals surface area contributed by atoms with Gasteiger partial charge in [0.05, 0.1) is 23.8 Å². The van der Waals surface area contributed by atoms with Crippen LogP contribution in [-0.2, 0) is 0 Å². The number of urea groups is 1. The van der Waals surface area contributed by atoms with Gasteiger partial charge in [-0.05, 0) is 32.4 Å². The van der Waals surface area contributed by atoms with Crippen LogP contribution in [0.1, 0.15) is 20.3 Å². The van der Waals surface area contributed by atoms with E-state index in [0.29, 0.717) is 12.1 Å². The third-order valence-corrected chi connectivity index (χ3v) is 3.05. The number of benzene rings is 1. The third-order valence-electron chi connectivity index (χ3n) is 3.05. The Kier molecular flexibility index (Phi) is 4.59. The monoisotopic (exact) mass is 288 g/mol. The number of carbonyl (C=O) groups excluding carboxylic acids is 1. The minimum atomic E-state index is -0.464. The number of amides is 2. The molecule has 0 aliphatic heterocycles. The number of rotatable bonds is 5. The van der Waals surface area contributed by atoms with Crippen molar-refractivity contribution in [3.8, 4) is 5.69 Å². The lowest BCUT2D eigenvalue weighted by molar-refractivity contribution is 0.218. The summed E-state index contributed by atoms with van der Waals surface area (Å²) in [7, 11) is 0. The van der Waals surface area contributed by atoms with Crippen LogP contribution in [0.15, 0.2) is 42.7 Å². The SMILES string of the molecule is CC(C)(CCO)NC(=O)Nc1cnn(-c2ccccc2)c1. The van der Waals surface area contributed by atoms with Crippen LogP contribution < -0.4 is 10.6 Å². The molecule has 112 valence electrons. The highest BCUT2D eigenvalue weighted by Crippen LogP contribution is 2.12. The fourth-order valence-electron chi connectivity index (χ4n) is 1.92. The number of nitrogens with one attached hydrogen (secondary N) is 2. The van der Waals surface area contributed by atoms with E-state index in [1.807, 2.05) is 44.2 Å². The van der Waals surface area contributed by atoms with Gasteiger partial charge in [-0.3, -0.25) is 0 Å². The van der Waals surface area contributed by atoms with Crippen LogP contribution in [0.25, 0.3) is 5.69 Å². The molecule has 0 fully saturated rings. The van der Waals surface area contributed by atoms with Crippen molar-refractivity contribution in [3.05, 3.63) is 42.7 Å². The summed E-state index contributed by atoms with van der Waals surface area (Å²) in [5, 5.41) is 18.7. The molecule has 0 aliphatic carbocycles. The average molecular weight is 288 g/mol. The number of nitrogens with zero attached hydrogens (tertiary/aromatic N) is 2. The molecule has 0 aliphatic rings. The van der Waals surface area contributed by atoms with Crippen LogP contribution in [0, 0.1) is 0 Å². The molecule has 6 nitrogen and oxygen atoms in total. The molecule has 21 heavy (non-hydrogen) atoms. The second-order valence-corrected chi connectivity index (χ2v) is 5.45. The van der Waals surface area contributed by atoms with Crippen molar-refractivity contribution >= 4 is 11.7 Å². The third kappa shape index (κ3) is 4.32. The molecule has 0 bridgehead atoms. The molecule has 0 unspecified atom stereocenters. The maximum absolute atomic E-state index is 11.9. The summed E-state index contributed by atoms with van der Waals surface area (Å²) in [6, 6.07) is 9.33. The number of hydrogen-bond acceptors (Lipinski definition) is 3. The van der Waals surface area contributed by atoms with Gasteiger partial charge >= 0.3 is 6.03 Å². The largest absolute Gasteiger partial charge is 0.396 e. The smallest absolute Gasteiger partial charge is 0.319 e. The molecule has 6 heteroatoms. The second kappa shape index (κ2) is 6.41. The van der Waals surface area contributed by atoms with Crippen molar-refractivity contribution in [1.82, 2.24) is 15.1 Å². The summed E-state index contributed by atoms with van der Waals surface area (Å²) in [4.78, 5) is 11.9. The number of anilines is 1. The first-order valence-corrected chi connectivity index (χ1v) is 6.80. The summed E-state index contributed by atoms with van der Waals surface area (Å²) >= 11 is 0. The van der Waals surface area contributed by atoms with Gasteiger partial charge in [0, 0.05) is 12.1 Å². The van der Waals surface area contributed by atoms with E-state index >= 15 is 0 Å². The number of hydrogen-bond donors (Lipinski definition) is 3. The van der Waals surface area contributed by atoms with Gasteiger partial charge in [0.1, 0.15) is 0 Å². The van der Waals surface area contributed by atoms with Crippen molar-refractivity contribution in [2.24, 2.45) is 0 Å². The van der Waals surface area contributed by atoms with E-state index in [-0.39, 0.29) is 12.6 Å². The molecule has 1 aromatic heterocycles. The van der Waals surface area contributed by atoms with E-state index in [1.165, 1.54) is 0 Å². The Hall–Kier alpha value is -2.34. The highest BCUT2D eigenvalue weighted by molar-refractivity contribution is 5.89. The normalized spacial score (nSPS) is 11.2. The Morgan fingerprint density at radius 1 is 1.33 bits per heavy atom. The van der Waals surface area contributed by atoms with E-state index in [1.54, 1.807) is 17.1 Å². The average Bonchev–Trinajstić information content (AvgIpc) is 2.87. The summed E-state index contributed by atoms with van der Waals surface area (Å²) in [5.74, 6) is 0. The Morgan fingerprint density at radius 2 is 2.05 bits per heavy atom. The highest BCUT2D eigenvalue weighted by atomic mass is 16.3. The van der Waals surface area contributed by atoms with Crippen LogP contribution in [0.4, 0.5) is 10.5 Å². The Labute approximate surface area is 123 Å². The summed E-state index contributed by atoms with van der Waals surface area (Å²) < 4.78 is 1.69. The minimum Gasteiger partial charge on any atom is -0.396 e. The molecule has 0 radical (unpaired) electrons. The zero-order chi connectivity index (χ0) is 15.3. The Bertz CT molecular complexity index is 593. The van der Waals surface area contributed by atoms with E-state index < -0.39 is 5.54 Å². The van der Waals surface area contributed by atoms with Crippen LogP contribution in [-0.4, -0.2) is 33.1 Å². The van der Waals surface area contributed by atoms with Gasteiger partial charge in [-0.15, -0.1) is 0 Å². The van der Waals surface area contributed by atoms with Crippen LogP contribution in [0.3, 0.4) is 0 Å². The van der Waals surface area contributed by atoms with E-state index in [9.17, 15) is 4.79 Å². The first kappa shape index (κ1) is 15.1. The van der Waals surface area contributed by atoms with Gasteiger partial charge in [-0.2, -0.15) is 5.10 Å². The summed E-state index contributed by atoms with van der Waals surface area (Å²) in [5.41, 5.74) is 1.07. The predicted molar refractivity (Wildman–Crippen MR) is 81.5 cm³/mol. The number of aromatic nitrogens is 2. The fraction of sp³-hybridized carbons (Fsp3) is 0.333. The second-order valence-electron chi connectivity index (χ2n) is 5.45. The van der Waals surface area contributed by atoms with E-state index in [4.69, 9.17) is 5.11 Å². The van der Waals surface area contributed by atoms with Crippen molar-refractivity contribution in [2.45, 2.75) is 25.8 Å². The molecular formula is C15H20N4O2. The first-order chi connectivity index (χ1) is 10.00. The molecule has 1 heterocycles. The standard InChI is InChI=1S/C15H20N4O2/c1-15(2,8-9-20)18-14(21)17-12-10-16-19(11-12)13-6-4-3-5-7-13/h3-7,10-11,20H,8-9H2,1-2H3,(H2,17,18,21). The van der Waals surface area contributed by atoms with Crippen LogP contribution in [0.5, 0.6) is 0 Å². The van der Waals surface area contributed by atoms with Gasteiger partial charge in [0.2, 0.25) is 0 Å². The lowest BCUT2D eigenvalue weighted by atomic mass is 10.0. The zero-order valence-electron chi connectivity index (χ0n) is 12.2. The Balaban J connectivity index is 1.98. The predicted octanol–water partition coefficient (Wildman–Crippen LogP) is 2.15. The van der Waals surface area contributed by atoms with Gasteiger partial charge in [-0.1, -0.05) is 18.2 Å². The lowest BCUT2D eigenvalue weighted by Gasteiger charge is -2.25. The van der Waals surface area contributed by atoms with Crippen molar-refractivity contribution in [1.29, 1.82) is 0 Å². The van der Waals surface area contributed by atoms with E-state index in [0.717, 1.165) is 5.69 Å². The molecule has 0 saturated carbocycles. The topological polar surface area (TPSA) is 79.2 Å². The van der Waals surface area contributed by atoms with Crippen LogP contribution in [0.2, 0.25) is 0 Å². The van der Waals surface area contributed by atoms with Crippen molar-refractivity contribution in [2.75, 3.05) is 11.9 Å². The van der Waals surface area contributed by atoms with Gasteiger partial charge in [0.15, 0.2) is 0 Å². The van der Waals surface area contributed by atoms with Gasteiger partial charge in [0.25, 0.3) is 0 Å². The molecule has 0 atom stereocenters. The maximum atomic E-state index is 11.9. The minimum absolute atomic E-state index is 0.0270. The first-order valence-electron chi connectivity index (χ1n) is 6.80. The molecule has 0 saturated heterocycles. The summed E-state index contributed by atoms with van der Waals surface area (Å²) in [6.45, 7) is 3.74. The highest BCUT2D eigenvalue weighted by Gasteiger charge is 2.19. The van der Waals surface area contributed by atoms with Gasteiger partial charge < -0.3 is 15.7 Å². The number of para-hydroxylation sites is 1. The number of aliphatic hydroxyl groups is 1. The van der Waals surface area contributed by atoms with Gasteiger partial charge in [-0.25, -0.2) is 9.48 Å². The summed E-state index contributed by atoms with van der Waals surface area (Å²) in [6.07, 6.45) is 3.82. The maximum Gasteiger partial charge on any atom is 0.319 e. The van der Waals surface area contributed by atoms with E-state index in [2.05, 4.69) is 15.7 Å². The van der Waals surface area contributed by atoms with Crippen molar-refractivity contribution < 1.29 is 9.90 Å². The molecule has 3 N–H and O–H groups in total. The lowest BCUT2D eigenvalue weighted by Crippen LogP contribution is -2.46. The number of aliphatic hydroxyl groups excluding tert-OH is 1. The fourth-order valence-corrected chi connectivity index (χ4v) is 1.92. The molecule has 1 aromatic carbocycles. The zero-order valence-corrected chi connectivity index (χ0v) is 12.2. The molecular weight excluding hydrogens is 268 g/mol.